The Kier molecular flexibility index (Phi) is 8.42. The number of carbonyl (C=O) groups is 1. The number of benzene rings is 2. The van der Waals surface area contributed by atoms with Gasteiger partial charge < -0.3 is 14.8 Å². The lowest BCUT2D eigenvalue weighted by Crippen LogP contribution is -2.24. The van der Waals surface area contributed by atoms with Crippen molar-refractivity contribution in [3.63, 3.8) is 0 Å². The fourth-order valence-corrected chi connectivity index (χ4v) is 2.92. The molecule has 144 valence electrons. The SMILES string of the molecule is CCCOc1c(Br)cc(/C=N\NC(=O)Nc2cccc(Cl)c2)cc1OCC. The van der Waals surface area contributed by atoms with Gasteiger partial charge >= 0.3 is 6.03 Å². The topological polar surface area (TPSA) is 72.0 Å². The van der Waals surface area contributed by atoms with Gasteiger partial charge in [0, 0.05) is 10.7 Å². The summed E-state index contributed by atoms with van der Waals surface area (Å²) in [5.74, 6) is 1.27. The number of hydrazone groups is 1. The molecule has 27 heavy (non-hydrogen) atoms. The molecular formula is C19H21BrClN3O3. The van der Waals surface area contributed by atoms with Crippen LogP contribution in [-0.4, -0.2) is 25.5 Å². The zero-order valence-corrected chi connectivity index (χ0v) is 17.4. The molecule has 0 radical (unpaired) electrons. The highest BCUT2D eigenvalue weighted by atomic mass is 79.9. The molecule has 2 aromatic carbocycles. The van der Waals surface area contributed by atoms with Crippen LogP contribution in [0.3, 0.4) is 0 Å². The van der Waals surface area contributed by atoms with E-state index in [9.17, 15) is 4.79 Å². The fourth-order valence-electron chi connectivity index (χ4n) is 2.16. The van der Waals surface area contributed by atoms with Crippen LogP contribution in [-0.2, 0) is 0 Å². The molecule has 0 aliphatic carbocycles. The van der Waals surface area contributed by atoms with Crippen molar-refractivity contribution >= 4 is 45.5 Å². The molecule has 2 aromatic rings. The first-order chi connectivity index (χ1) is 13.0. The van der Waals surface area contributed by atoms with Gasteiger partial charge in [-0.3, -0.25) is 0 Å². The Bertz CT molecular complexity index is 815. The van der Waals surface area contributed by atoms with E-state index in [1.165, 1.54) is 6.21 Å². The van der Waals surface area contributed by atoms with E-state index in [1.54, 1.807) is 30.3 Å². The lowest BCUT2D eigenvalue weighted by molar-refractivity contribution is 0.252. The third-order valence-corrected chi connectivity index (χ3v) is 4.07. The average Bonchev–Trinajstić information content (AvgIpc) is 2.61. The molecular weight excluding hydrogens is 434 g/mol. The fraction of sp³-hybridized carbons (Fsp3) is 0.263. The first-order valence-corrected chi connectivity index (χ1v) is 9.65. The van der Waals surface area contributed by atoms with Gasteiger partial charge in [-0.25, -0.2) is 10.2 Å². The van der Waals surface area contributed by atoms with Crippen molar-refractivity contribution in [2.24, 2.45) is 5.10 Å². The first kappa shape index (κ1) is 21.1. The minimum absolute atomic E-state index is 0.472. The lowest BCUT2D eigenvalue weighted by atomic mass is 10.2. The van der Waals surface area contributed by atoms with Crippen LogP contribution < -0.4 is 20.2 Å². The Morgan fingerprint density at radius 3 is 2.78 bits per heavy atom. The van der Waals surface area contributed by atoms with Crippen LogP contribution in [0.2, 0.25) is 5.02 Å². The van der Waals surface area contributed by atoms with Crippen molar-refractivity contribution in [2.45, 2.75) is 20.3 Å². The highest BCUT2D eigenvalue weighted by Gasteiger charge is 2.11. The molecule has 6 nitrogen and oxygen atoms in total. The standard InChI is InChI=1S/C19H21BrClN3O3/c1-3-8-27-18-16(20)9-13(10-17(18)26-4-2)12-22-24-19(25)23-15-7-5-6-14(21)11-15/h5-7,9-12H,3-4,8H2,1-2H3,(H2,23,24,25)/b22-12-. The molecule has 8 heteroatoms. The van der Waals surface area contributed by atoms with Gasteiger partial charge in [-0.2, -0.15) is 5.10 Å². The van der Waals surface area contributed by atoms with Crippen LogP contribution in [0.25, 0.3) is 0 Å². The Balaban J connectivity index is 2.03. The molecule has 0 aliphatic heterocycles. The summed E-state index contributed by atoms with van der Waals surface area (Å²) in [4.78, 5) is 11.9. The minimum Gasteiger partial charge on any atom is -0.490 e. The summed E-state index contributed by atoms with van der Waals surface area (Å²) in [6.07, 6.45) is 2.42. The van der Waals surface area contributed by atoms with E-state index >= 15 is 0 Å². The van der Waals surface area contributed by atoms with Crippen molar-refractivity contribution in [3.05, 3.63) is 51.5 Å². The average molecular weight is 455 g/mol. The molecule has 0 aliphatic rings. The predicted molar refractivity (Wildman–Crippen MR) is 112 cm³/mol. The highest BCUT2D eigenvalue weighted by Crippen LogP contribution is 2.36. The zero-order chi connectivity index (χ0) is 19.6. The Morgan fingerprint density at radius 2 is 2.07 bits per heavy atom. The van der Waals surface area contributed by atoms with Gasteiger partial charge in [0.25, 0.3) is 0 Å². The third-order valence-electron chi connectivity index (χ3n) is 3.24. The number of hydrogen-bond donors (Lipinski definition) is 2. The third kappa shape index (κ3) is 6.77. The van der Waals surface area contributed by atoms with Crippen LogP contribution in [0.1, 0.15) is 25.8 Å². The Morgan fingerprint density at radius 1 is 1.26 bits per heavy atom. The number of urea groups is 1. The molecule has 2 N–H and O–H groups in total. The predicted octanol–water partition coefficient (Wildman–Crippen LogP) is 5.45. The monoisotopic (exact) mass is 453 g/mol. The van der Waals surface area contributed by atoms with Gasteiger partial charge in [0.15, 0.2) is 11.5 Å². The molecule has 0 spiro atoms. The van der Waals surface area contributed by atoms with E-state index in [1.807, 2.05) is 19.9 Å². The number of anilines is 1. The Labute approximate surface area is 172 Å². The van der Waals surface area contributed by atoms with E-state index in [0.29, 0.717) is 35.4 Å². The summed E-state index contributed by atoms with van der Waals surface area (Å²) in [7, 11) is 0. The highest BCUT2D eigenvalue weighted by molar-refractivity contribution is 9.10. The molecule has 0 aromatic heterocycles. The van der Waals surface area contributed by atoms with Crippen LogP contribution in [0.4, 0.5) is 10.5 Å². The van der Waals surface area contributed by atoms with Crippen molar-refractivity contribution < 1.29 is 14.3 Å². The maximum atomic E-state index is 11.9. The summed E-state index contributed by atoms with van der Waals surface area (Å²) in [5.41, 5.74) is 3.73. The maximum Gasteiger partial charge on any atom is 0.339 e. The second-order valence-electron chi connectivity index (χ2n) is 5.45. The van der Waals surface area contributed by atoms with Crippen molar-refractivity contribution in [1.82, 2.24) is 5.43 Å². The van der Waals surface area contributed by atoms with E-state index in [0.717, 1.165) is 16.5 Å². The maximum absolute atomic E-state index is 11.9. The number of ether oxygens (including phenoxy) is 2. The van der Waals surface area contributed by atoms with E-state index < -0.39 is 6.03 Å². The number of carbonyl (C=O) groups excluding carboxylic acids is 1. The normalized spacial score (nSPS) is 10.7. The van der Waals surface area contributed by atoms with Gasteiger partial charge in [0.05, 0.1) is 23.9 Å². The van der Waals surface area contributed by atoms with Crippen molar-refractivity contribution in [1.29, 1.82) is 0 Å². The largest absolute Gasteiger partial charge is 0.490 e. The number of nitrogens with zero attached hydrogens (tertiary/aromatic N) is 1. The van der Waals surface area contributed by atoms with Gasteiger partial charge in [-0.15, -0.1) is 0 Å². The molecule has 0 heterocycles. The number of rotatable bonds is 8. The van der Waals surface area contributed by atoms with Crippen LogP contribution in [0.5, 0.6) is 11.5 Å². The van der Waals surface area contributed by atoms with Gasteiger partial charge in [-0.1, -0.05) is 24.6 Å². The van der Waals surface area contributed by atoms with Gasteiger partial charge in [0.2, 0.25) is 0 Å². The second kappa shape index (κ2) is 10.8. The van der Waals surface area contributed by atoms with Gasteiger partial charge in [0.1, 0.15) is 0 Å². The second-order valence-corrected chi connectivity index (χ2v) is 6.74. The number of amides is 2. The lowest BCUT2D eigenvalue weighted by Gasteiger charge is -2.14. The minimum atomic E-state index is -0.472. The number of halogens is 2. The van der Waals surface area contributed by atoms with Crippen LogP contribution in [0, 0.1) is 0 Å². The quantitative estimate of drug-likeness (QED) is 0.412. The molecule has 0 bridgehead atoms. The Hall–Kier alpha value is -2.25. The molecule has 2 rings (SSSR count). The van der Waals surface area contributed by atoms with E-state index in [4.69, 9.17) is 21.1 Å². The zero-order valence-electron chi connectivity index (χ0n) is 15.1. The number of hydrogen-bond acceptors (Lipinski definition) is 4. The van der Waals surface area contributed by atoms with Crippen molar-refractivity contribution in [3.8, 4) is 11.5 Å². The van der Waals surface area contributed by atoms with E-state index in [2.05, 4.69) is 31.8 Å². The molecule has 2 amide bonds. The molecule has 0 fully saturated rings. The molecule has 0 saturated carbocycles. The van der Waals surface area contributed by atoms with Crippen LogP contribution >= 0.6 is 27.5 Å². The summed E-state index contributed by atoms with van der Waals surface area (Å²) in [5, 5.41) is 7.14. The molecule has 0 saturated heterocycles. The first-order valence-electron chi connectivity index (χ1n) is 8.48. The smallest absolute Gasteiger partial charge is 0.339 e. The molecule has 0 unspecified atom stereocenters. The summed E-state index contributed by atoms with van der Waals surface area (Å²) < 4.78 is 12.1. The summed E-state index contributed by atoms with van der Waals surface area (Å²) in [6, 6.07) is 10.0. The van der Waals surface area contributed by atoms with Gasteiger partial charge in [-0.05, 0) is 65.2 Å². The summed E-state index contributed by atoms with van der Waals surface area (Å²) >= 11 is 9.38. The summed E-state index contributed by atoms with van der Waals surface area (Å²) in [6.45, 7) is 5.04. The van der Waals surface area contributed by atoms with Crippen LogP contribution in [0.15, 0.2) is 46.0 Å². The van der Waals surface area contributed by atoms with E-state index in [-0.39, 0.29) is 0 Å². The number of nitrogens with one attached hydrogen (secondary N) is 2. The van der Waals surface area contributed by atoms with Crippen molar-refractivity contribution in [2.75, 3.05) is 18.5 Å². The molecule has 0 atom stereocenters.